The largest absolute Gasteiger partial charge is 0.489 e. The number of hydrogen-bond acceptors (Lipinski definition) is 3. The van der Waals surface area contributed by atoms with Crippen molar-refractivity contribution in [2.24, 2.45) is 0 Å². The van der Waals surface area contributed by atoms with Gasteiger partial charge >= 0.3 is 0 Å². The summed E-state index contributed by atoms with van der Waals surface area (Å²) in [5.41, 5.74) is 2.34. The Morgan fingerprint density at radius 2 is 2.05 bits per heavy atom. The highest BCUT2D eigenvalue weighted by Gasteiger charge is 2.10. The molecule has 1 heterocycles. The second-order valence-corrected chi connectivity index (χ2v) is 6.86. The molecule has 3 nitrogen and oxygen atoms in total. The quantitative estimate of drug-likeness (QED) is 0.873. The monoisotopic (exact) mass is 348 g/mol. The molecule has 21 heavy (non-hydrogen) atoms. The van der Waals surface area contributed by atoms with Gasteiger partial charge in [-0.05, 0) is 50.6 Å². The fraction of sp³-hybridized carbons (Fsp3) is 0.353. The maximum Gasteiger partial charge on any atom is 0.120 e. The van der Waals surface area contributed by atoms with Crippen LogP contribution in [0.4, 0.5) is 0 Å². The van der Waals surface area contributed by atoms with Gasteiger partial charge in [-0.15, -0.1) is 0 Å². The predicted octanol–water partition coefficient (Wildman–Crippen LogP) is 4.31. The van der Waals surface area contributed by atoms with Crippen molar-refractivity contribution in [2.75, 3.05) is 0 Å². The van der Waals surface area contributed by atoms with Gasteiger partial charge < -0.3 is 10.1 Å². The Balaban J connectivity index is 2.01. The number of halogens is 1. The van der Waals surface area contributed by atoms with E-state index in [1.54, 1.807) is 6.20 Å². The Hall–Kier alpha value is -1.39. The van der Waals surface area contributed by atoms with Gasteiger partial charge in [-0.2, -0.15) is 0 Å². The number of nitrogens with zero attached hydrogens (tertiary/aromatic N) is 1. The average Bonchev–Trinajstić information content (AvgIpc) is 2.45. The lowest BCUT2D eigenvalue weighted by molar-refractivity contribution is 0.305. The molecule has 1 N–H and O–H groups in total. The third-order valence-electron chi connectivity index (χ3n) is 2.95. The van der Waals surface area contributed by atoms with Crippen molar-refractivity contribution in [3.63, 3.8) is 0 Å². The number of nitrogens with one attached hydrogen (secondary N) is 1. The zero-order valence-corrected chi connectivity index (χ0v) is 14.3. The molecule has 112 valence electrons. The van der Waals surface area contributed by atoms with Crippen molar-refractivity contribution < 1.29 is 4.74 Å². The van der Waals surface area contributed by atoms with Crippen molar-refractivity contribution in [1.82, 2.24) is 10.3 Å². The summed E-state index contributed by atoms with van der Waals surface area (Å²) in [6.07, 6.45) is 3.58. The molecule has 0 aliphatic heterocycles. The highest BCUT2D eigenvalue weighted by molar-refractivity contribution is 9.10. The van der Waals surface area contributed by atoms with E-state index >= 15 is 0 Å². The van der Waals surface area contributed by atoms with Gasteiger partial charge in [-0.25, -0.2) is 0 Å². The van der Waals surface area contributed by atoms with Gasteiger partial charge in [0.15, 0.2) is 0 Å². The van der Waals surface area contributed by atoms with E-state index in [2.05, 4.69) is 53.1 Å². The molecule has 0 aliphatic carbocycles. The van der Waals surface area contributed by atoms with E-state index in [0.29, 0.717) is 6.61 Å². The smallest absolute Gasteiger partial charge is 0.120 e. The Bertz CT molecular complexity index is 579. The second kappa shape index (κ2) is 7.05. The number of hydrogen-bond donors (Lipinski definition) is 1. The van der Waals surface area contributed by atoms with Gasteiger partial charge in [-0.1, -0.05) is 22.0 Å². The van der Waals surface area contributed by atoms with E-state index in [-0.39, 0.29) is 5.54 Å². The molecule has 0 amide bonds. The summed E-state index contributed by atoms with van der Waals surface area (Å²) in [5.74, 6) is 0.868. The van der Waals surface area contributed by atoms with Crippen LogP contribution in [-0.4, -0.2) is 10.5 Å². The van der Waals surface area contributed by atoms with Crippen molar-refractivity contribution in [2.45, 2.75) is 39.5 Å². The van der Waals surface area contributed by atoms with E-state index < -0.39 is 0 Å². The SMILES string of the molecule is CC(C)(C)NCc1cc(OCc2cccnc2)ccc1Br. The number of rotatable bonds is 5. The van der Waals surface area contributed by atoms with Gasteiger partial charge in [0, 0.05) is 34.5 Å². The average molecular weight is 349 g/mol. The van der Waals surface area contributed by atoms with Crippen LogP contribution in [0.1, 0.15) is 31.9 Å². The normalized spacial score (nSPS) is 11.4. The first kappa shape index (κ1) is 16.0. The molecule has 0 bridgehead atoms. The highest BCUT2D eigenvalue weighted by atomic mass is 79.9. The van der Waals surface area contributed by atoms with E-state index in [1.807, 2.05) is 30.5 Å². The highest BCUT2D eigenvalue weighted by Crippen LogP contribution is 2.23. The minimum Gasteiger partial charge on any atom is -0.489 e. The maximum absolute atomic E-state index is 5.83. The van der Waals surface area contributed by atoms with E-state index in [4.69, 9.17) is 4.74 Å². The molecule has 2 aromatic rings. The van der Waals surface area contributed by atoms with E-state index in [9.17, 15) is 0 Å². The first-order valence-corrected chi connectivity index (χ1v) is 7.78. The molecule has 0 spiro atoms. The summed E-state index contributed by atoms with van der Waals surface area (Å²) in [7, 11) is 0. The second-order valence-electron chi connectivity index (χ2n) is 6.01. The summed E-state index contributed by atoms with van der Waals surface area (Å²) >= 11 is 3.59. The van der Waals surface area contributed by atoms with Gasteiger partial charge in [-0.3, -0.25) is 4.98 Å². The maximum atomic E-state index is 5.83. The van der Waals surface area contributed by atoms with Crippen LogP contribution in [-0.2, 0) is 13.2 Å². The first-order chi connectivity index (χ1) is 9.94. The fourth-order valence-electron chi connectivity index (χ4n) is 1.79. The third-order valence-corrected chi connectivity index (χ3v) is 3.73. The van der Waals surface area contributed by atoms with Crippen molar-refractivity contribution in [1.29, 1.82) is 0 Å². The lowest BCUT2D eigenvalue weighted by atomic mass is 10.1. The number of benzene rings is 1. The fourth-order valence-corrected chi connectivity index (χ4v) is 2.17. The van der Waals surface area contributed by atoms with Crippen LogP contribution >= 0.6 is 15.9 Å². The summed E-state index contributed by atoms with van der Waals surface area (Å²) < 4.78 is 6.92. The molecular formula is C17H21BrN2O. The summed E-state index contributed by atoms with van der Waals surface area (Å²) in [5, 5.41) is 3.48. The topological polar surface area (TPSA) is 34.1 Å². The summed E-state index contributed by atoms with van der Waals surface area (Å²) in [4.78, 5) is 4.09. The molecule has 0 unspecified atom stereocenters. The zero-order valence-electron chi connectivity index (χ0n) is 12.7. The van der Waals surface area contributed by atoms with Crippen LogP contribution in [0, 0.1) is 0 Å². The van der Waals surface area contributed by atoms with Crippen LogP contribution in [0.5, 0.6) is 5.75 Å². The minimum atomic E-state index is 0.0893. The van der Waals surface area contributed by atoms with Crippen LogP contribution in [0.25, 0.3) is 0 Å². The van der Waals surface area contributed by atoms with Crippen molar-refractivity contribution in [3.05, 3.63) is 58.3 Å². The molecule has 4 heteroatoms. The predicted molar refractivity (Wildman–Crippen MR) is 89.3 cm³/mol. The van der Waals surface area contributed by atoms with Gasteiger partial charge in [0.1, 0.15) is 12.4 Å². The third kappa shape index (κ3) is 5.48. The minimum absolute atomic E-state index is 0.0893. The van der Waals surface area contributed by atoms with Gasteiger partial charge in [0.2, 0.25) is 0 Å². The Morgan fingerprint density at radius 1 is 1.24 bits per heavy atom. The Morgan fingerprint density at radius 3 is 2.71 bits per heavy atom. The van der Waals surface area contributed by atoms with Crippen molar-refractivity contribution in [3.8, 4) is 5.75 Å². The zero-order chi connectivity index (χ0) is 15.3. The number of ether oxygens (including phenoxy) is 1. The molecule has 0 fully saturated rings. The molecule has 0 saturated heterocycles. The molecule has 2 rings (SSSR count). The van der Waals surface area contributed by atoms with Crippen molar-refractivity contribution >= 4 is 15.9 Å². The first-order valence-electron chi connectivity index (χ1n) is 6.99. The molecule has 1 aromatic carbocycles. The lowest BCUT2D eigenvalue weighted by Gasteiger charge is -2.21. The Kier molecular flexibility index (Phi) is 5.37. The van der Waals surface area contributed by atoms with Crippen LogP contribution in [0.15, 0.2) is 47.2 Å². The van der Waals surface area contributed by atoms with E-state index in [1.165, 1.54) is 5.56 Å². The number of aromatic nitrogens is 1. The molecule has 0 aliphatic rings. The Labute approximate surface area is 134 Å². The van der Waals surface area contributed by atoms with Gasteiger partial charge in [0.25, 0.3) is 0 Å². The van der Waals surface area contributed by atoms with Crippen LogP contribution in [0.2, 0.25) is 0 Å². The standard InChI is InChI=1S/C17H21BrN2O/c1-17(2,3)20-11-14-9-15(6-7-16(14)18)21-12-13-5-4-8-19-10-13/h4-10,20H,11-12H2,1-3H3. The molecule has 0 saturated carbocycles. The lowest BCUT2D eigenvalue weighted by Crippen LogP contribution is -2.35. The molecule has 0 atom stereocenters. The van der Waals surface area contributed by atoms with E-state index in [0.717, 1.165) is 22.3 Å². The molecular weight excluding hydrogens is 328 g/mol. The van der Waals surface area contributed by atoms with Gasteiger partial charge in [0.05, 0.1) is 0 Å². The van der Waals surface area contributed by atoms with Crippen LogP contribution < -0.4 is 10.1 Å². The summed E-state index contributed by atoms with van der Waals surface area (Å²) in [6, 6.07) is 9.99. The van der Waals surface area contributed by atoms with Crippen LogP contribution in [0.3, 0.4) is 0 Å². The molecule has 1 aromatic heterocycles. The molecule has 0 radical (unpaired) electrons. The summed E-state index contributed by atoms with van der Waals surface area (Å²) in [6.45, 7) is 7.80. The number of pyridine rings is 1.